The summed E-state index contributed by atoms with van der Waals surface area (Å²) in [5.74, 6) is 0. The van der Waals surface area contributed by atoms with Gasteiger partial charge in [-0.3, -0.25) is 0 Å². The number of nitrogens with zero attached hydrogens (tertiary/aromatic N) is 1. The van der Waals surface area contributed by atoms with E-state index in [-0.39, 0.29) is 5.41 Å². The van der Waals surface area contributed by atoms with Crippen LogP contribution in [0.3, 0.4) is 0 Å². The van der Waals surface area contributed by atoms with Gasteiger partial charge in [0.2, 0.25) is 0 Å². The van der Waals surface area contributed by atoms with Gasteiger partial charge in [-0.2, -0.15) is 0 Å². The number of aryl methyl sites for hydroxylation is 3. The standard InChI is InChI=1S/C30H20.C19H15N.C13H12/c1-19-18-28-29(23-13-3-2-10-20(19)23)24-14-6-9-17-27(24)30(28)25-15-7-4-11-21(25)22-12-5-8-16-26(22)30;1-14-11-12-19-17(13-14)16-9-5-6-10-18(16)20(19)15-7-3-2-4-8-15;1-11-7-9-13(10-8-11)12-5-3-2-4-6-12/h2-18H,1H3;2-13H,1H3;2-10H,1H3. The molecule has 1 heterocycles. The van der Waals surface area contributed by atoms with Gasteiger partial charge in [-0.25, -0.2) is 0 Å². The van der Waals surface area contributed by atoms with Crippen LogP contribution in [0.15, 0.2) is 231 Å². The van der Waals surface area contributed by atoms with Crippen molar-refractivity contribution in [2.45, 2.75) is 26.2 Å². The Hall–Kier alpha value is -7.74. The molecule has 63 heavy (non-hydrogen) atoms. The van der Waals surface area contributed by atoms with Crippen LogP contribution in [-0.2, 0) is 5.41 Å². The largest absolute Gasteiger partial charge is 0.309 e. The normalized spacial score (nSPS) is 12.5. The molecule has 2 aliphatic rings. The van der Waals surface area contributed by atoms with Crippen LogP contribution in [0.5, 0.6) is 0 Å². The van der Waals surface area contributed by atoms with E-state index in [0.29, 0.717) is 0 Å². The van der Waals surface area contributed by atoms with E-state index in [0.717, 1.165) is 0 Å². The van der Waals surface area contributed by atoms with Crippen molar-refractivity contribution in [3.05, 3.63) is 269 Å². The molecule has 0 unspecified atom stereocenters. The second kappa shape index (κ2) is 15.6. The predicted octanol–water partition coefficient (Wildman–Crippen LogP) is 16.2. The lowest BCUT2D eigenvalue weighted by Gasteiger charge is -2.30. The summed E-state index contributed by atoms with van der Waals surface area (Å²) in [5, 5.41) is 5.35. The molecular formula is C62H47N. The average molecular weight is 806 g/mol. The summed E-state index contributed by atoms with van der Waals surface area (Å²) in [6.45, 7) is 6.51. The molecule has 0 N–H and O–H groups in total. The van der Waals surface area contributed by atoms with Crippen LogP contribution < -0.4 is 0 Å². The maximum atomic E-state index is 2.45. The van der Waals surface area contributed by atoms with Crippen LogP contribution in [0, 0.1) is 20.8 Å². The van der Waals surface area contributed by atoms with Crippen LogP contribution in [0.25, 0.3) is 71.6 Å². The van der Waals surface area contributed by atoms with Gasteiger partial charge >= 0.3 is 0 Å². The first-order valence-electron chi connectivity index (χ1n) is 22.0. The minimum Gasteiger partial charge on any atom is -0.309 e. The molecule has 0 atom stereocenters. The van der Waals surface area contributed by atoms with E-state index in [1.807, 2.05) is 6.07 Å². The molecule has 0 fully saturated rings. The summed E-state index contributed by atoms with van der Waals surface area (Å²) in [7, 11) is 0. The van der Waals surface area contributed by atoms with Gasteiger partial charge in [0.15, 0.2) is 0 Å². The SMILES string of the molecule is Cc1cc2c(c3ccccc13)-c1ccccc1C21c2ccccc2-c2ccccc21.Cc1ccc(-c2ccccc2)cc1.Cc1ccc2c(c1)c1ccccc1n2-c1ccccc1. The zero-order valence-electron chi connectivity index (χ0n) is 35.9. The second-order valence-corrected chi connectivity index (χ2v) is 17.0. The number of hydrogen-bond acceptors (Lipinski definition) is 0. The Kier molecular flexibility index (Phi) is 9.47. The monoisotopic (exact) mass is 805 g/mol. The van der Waals surface area contributed by atoms with E-state index in [1.54, 1.807) is 0 Å². The summed E-state index contributed by atoms with van der Waals surface area (Å²) < 4.78 is 2.34. The summed E-state index contributed by atoms with van der Waals surface area (Å²) in [6.07, 6.45) is 0. The van der Waals surface area contributed by atoms with Gasteiger partial charge in [0, 0.05) is 16.5 Å². The maximum Gasteiger partial charge on any atom is 0.0725 e. The Morgan fingerprint density at radius 3 is 1.46 bits per heavy atom. The van der Waals surface area contributed by atoms with Crippen LogP contribution in [0.1, 0.15) is 38.9 Å². The molecule has 0 radical (unpaired) electrons. The van der Waals surface area contributed by atoms with E-state index in [1.165, 1.54) is 111 Å². The molecule has 300 valence electrons. The van der Waals surface area contributed by atoms with E-state index >= 15 is 0 Å². The molecule has 13 rings (SSSR count). The lowest BCUT2D eigenvalue weighted by atomic mass is 9.70. The Bertz CT molecular complexity index is 3420. The summed E-state index contributed by atoms with van der Waals surface area (Å²) in [4.78, 5) is 0. The molecule has 1 nitrogen and oxygen atoms in total. The Balaban J connectivity index is 0.000000116. The van der Waals surface area contributed by atoms with Gasteiger partial charge in [0.05, 0.1) is 16.4 Å². The summed E-state index contributed by atoms with van der Waals surface area (Å²) >= 11 is 0. The Labute approximate surface area is 370 Å². The van der Waals surface area contributed by atoms with Crippen molar-refractivity contribution in [2.24, 2.45) is 0 Å². The molecule has 0 saturated carbocycles. The topological polar surface area (TPSA) is 4.93 Å². The fourth-order valence-corrected chi connectivity index (χ4v) is 10.4. The number of aromatic nitrogens is 1. The zero-order valence-corrected chi connectivity index (χ0v) is 35.9. The van der Waals surface area contributed by atoms with Crippen LogP contribution in [0.4, 0.5) is 0 Å². The first-order valence-corrected chi connectivity index (χ1v) is 22.0. The molecule has 1 aromatic heterocycles. The summed E-state index contributed by atoms with van der Waals surface area (Å²) in [5.41, 5.74) is 21.2. The molecule has 1 spiro atoms. The second-order valence-electron chi connectivity index (χ2n) is 17.0. The van der Waals surface area contributed by atoms with E-state index in [2.05, 4.69) is 250 Å². The number of benzene rings is 10. The van der Waals surface area contributed by atoms with E-state index < -0.39 is 0 Å². The first-order chi connectivity index (χ1) is 31.0. The molecule has 1 heteroatoms. The van der Waals surface area contributed by atoms with Gasteiger partial charge in [-0.15, -0.1) is 0 Å². The van der Waals surface area contributed by atoms with Crippen LogP contribution in [0.2, 0.25) is 0 Å². The molecule has 11 aromatic rings. The highest BCUT2D eigenvalue weighted by atomic mass is 15.0. The molecule has 0 aliphatic heterocycles. The van der Waals surface area contributed by atoms with Crippen molar-refractivity contribution in [3.8, 4) is 39.1 Å². The third-order valence-electron chi connectivity index (χ3n) is 13.2. The highest BCUT2D eigenvalue weighted by Crippen LogP contribution is 2.63. The van der Waals surface area contributed by atoms with Crippen molar-refractivity contribution in [1.82, 2.24) is 4.57 Å². The smallest absolute Gasteiger partial charge is 0.0725 e. The Morgan fingerprint density at radius 1 is 0.317 bits per heavy atom. The van der Waals surface area contributed by atoms with Crippen LogP contribution >= 0.6 is 0 Å². The molecular weight excluding hydrogens is 759 g/mol. The van der Waals surface area contributed by atoms with Crippen molar-refractivity contribution in [3.63, 3.8) is 0 Å². The van der Waals surface area contributed by atoms with Gasteiger partial charge in [0.1, 0.15) is 0 Å². The van der Waals surface area contributed by atoms with Gasteiger partial charge in [-0.1, -0.05) is 211 Å². The van der Waals surface area contributed by atoms with E-state index in [9.17, 15) is 0 Å². The minimum absolute atomic E-state index is 0.242. The lowest BCUT2D eigenvalue weighted by Crippen LogP contribution is -2.25. The van der Waals surface area contributed by atoms with E-state index in [4.69, 9.17) is 0 Å². The van der Waals surface area contributed by atoms with Crippen molar-refractivity contribution < 1.29 is 0 Å². The molecule has 0 bridgehead atoms. The molecule has 0 amide bonds. The number of para-hydroxylation sites is 2. The van der Waals surface area contributed by atoms with Gasteiger partial charge in [-0.05, 0) is 123 Å². The van der Waals surface area contributed by atoms with Crippen LogP contribution in [-0.4, -0.2) is 4.57 Å². The maximum absolute atomic E-state index is 2.45. The fraction of sp³-hybridized carbons (Fsp3) is 0.0645. The van der Waals surface area contributed by atoms with Crippen molar-refractivity contribution in [2.75, 3.05) is 0 Å². The minimum atomic E-state index is -0.242. The predicted molar refractivity (Wildman–Crippen MR) is 267 cm³/mol. The van der Waals surface area contributed by atoms with Crippen molar-refractivity contribution >= 4 is 32.6 Å². The fourth-order valence-electron chi connectivity index (χ4n) is 10.4. The number of rotatable bonds is 2. The first kappa shape index (κ1) is 38.2. The van der Waals surface area contributed by atoms with Gasteiger partial charge < -0.3 is 4.57 Å². The van der Waals surface area contributed by atoms with Crippen molar-refractivity contribution in [1.29, 1.82) is 0 Å². The average Bonchev–Trinajstić information content (AvgIpc) is 3.94. The Morgan fingerprint density at radius 2 is 0.794 bits per heavy atom. The zero-order chi connectivity index (χ0) is 42.5. The van der Waals surface area contributed by atoms with Gasteiger partial charge in [0.25, 0.3) is 0 Å². The molecule has 0 saturated heterocycles. The summed E-state index contributed by atoms with van der Waals surface area (Å²) in [6, 6.07) is 83.2. The molecule has 10 aromatic carbocycles. The quantitative estimate of drug-likeness (QED) is 0.164. The molecule has 2 aliphatic carbocycles. The highest BCUT2D eigenvalue weighted by molar-refractivity contribution is 6.10. The lowest BCUT2D eigenvalue weighted by molar-refractivity contribution is 0.793. The number of hydrogen-bond donors (Lipinski definition) is 0. The third kappa shape index (κ3) is 6.23. The number of fused-ring (bicyclic) bond motifs is 15. The third-order valence-corrected chi connectivity index (χ3v) is 13.2. The highest BCUT2D eigenvalue weighted by Gasteiger charge is 2.51.